The maximum Gasteiger partial charge on any atom is 0.314 e. The number of nitrogens with two attached hydrogens (primary N) is 1. The Morgan fingerprint density at radius 1 is 1.43 bits per heavy atom. The van der Waals surface area contributed by atoms with Crippen molar-refractivity contribution >= 4 is 6.03 Å². The van der Waals surface area contributed by atoms with Gasteiger partial charge in [0, 0.05) is 25.2 Å². The van der Waals surface area contributed by atoms with E-state index in [1.54, 1.807) is 11.0 Å². The van der Waals surface area contributed by atoms with Crippen molar-refractivity contribution in [1.29, 1.82) is 0 Å². The number of halogens is 1. The Balaban J connectivity index is 1.72. The molecule has 1 aliphatic heterocycles. The third-order valence-electron chi connectivity index (χ3n) is 4.13. The Labute approximate surface area is 125 Å². The molecule has 1 heterocycles. The Bertz CT molecular complexity index is 472. The smallest absolute Gasteiger partial charge is 0.314 e. The van der Waals surface area contributed by atoms with E-state index in [0.717, 1.165) is 31.2 Å². The summed E-state index contributed by atoms with van der Waals surface area (Å²) in [5.41, 5.74) is 6.04. The van der Waals surface area contributed by atoms with Crippen molar-refractivity contribution in [3.63, 3.8) is 0 Å². The Morgan fingerprint density at radius 2 is 2.10 bits per heavy atom. The van der Waals surface area contributed by atoms with Gasteiger partial charge >= 0.3 is 6.03 Å². The van der Waals surface area contributed by atoms with E-state index in [-0.39, 0.29) is 11.8 Å². The summed E-state index contributed by atoms with van der Waals surface area (Å²) in [7, 11) is 0. The lowest BCUT2D eigenvalue weighted by molar-refractivity contribution is 0.182. The zero-order valence-corrected chi connectivity index (χ0v) is 12.5. The first-order valence-corrected chi connectivity index (χ1v) is 7.60. The second kappa shape index (κ2) is 7.41. The number of carbonyl (C=O) groups excluding carboxylic acids is 1. The summed E-state index contributed by atoms with van der Waals surface area (Å²) in [6.45, 7) is 3.56. The van der Waals surface area contributed by atoms with Crippen LogP contribution in [-0.4, -0.2) is 36.1 Å². The van der Waals surface area contributed by atoms with Gasteiger partial charge in [-0.25, -0.2) is 9.18 Å². The topological polar surface area (TPSA) is 58.4 Å². The van der Waals surface area contributed by atoms with E-state index in [0.29, 0.717) is 25.2 Å². The van der Waals surface area contributed by atoms with Gasteiger partial charge in [-0.1, -0.05) is 18.2 Å². The lowest BCUT2D eigenvalue weighted by Crippen LogP contribution is -2.48. The average Bonchev–Trinajstić information content (AvgIpc) is 2.47. The van der Waals surface area contributed by atoms with E-state index in [1.165, 1.54) is 6.07 Å². The number of nitrogens with one attached hydrogen (secondary N) is 1. The molecular formula is C16H24FN3O. The summed E-state index contributed by atoms with van der Waals surface area (Å²) in [5.74, 6) is -0.125. The van der Waals surface area contributed by atoms with Crippen LogP contribution < -0.4 is 11.1 Å². The predicted octanol–water partition coefficient (Wildman–Crippen LogP) is 2.28. The van der Waals surface area contributed by atoms with Gasteiger partial charge in [-0.05, 0) is 44.2 Å². The molecule has 0 unspecified atom stereocenters. The molecule has 0 bridgehead atoms. The highest BCUT2D eigenvalue weighted by Crippen LogP contribution is 2.13. The van der Waals surface area contributed by atoms with Gasteiger partial charge in [0.25, 0.3) is 0 Å². The summed E-state index contributed by atoms with van der Waals surface area (Å²) < 4.78 is 13.5. The molecule has 2 rings (SSSR count). The maximum absolute atomic E-state index is 13.5. The third kappa shape index (κ3) is 4.70. The van der Waals surface area contributed by atoms with E-state index in [9.17, 15) is 9.18 Å². The maximum atomic E-state index is 13.5. The number of hydrogen-bond acceptors (Lipinski definition) is 2. The molecule has 0 spiro atoms. The summed E-state index contributed by atoms with van der Waals surface area (Å²) in [4.78, 5) is 12.7. The SMILES string of the molecule is C[C@H](CCc1ccccc1F)NC1CCN(C(N)=O)CC1. The van der Waals surface area contributed by atoms with Gasteiger partial charge in [0.1, 0.15) is 5.82 Å². The van der Waals surface area contributed by atoms with Crippen LogP contribution in [0.15, 0.2) is 24.3 Å². The first kappa shape index (κ1) is 15.8. The number of piperidine rings is 1. The number of amides is 2. The molecule has 1 atom stereocenters. The fraction of sp³-hybridized carbons (Fsp3) is 0.562. The molecule has 0 aliphatic carbocycles. The molecule has 21 heavy (non-hydrogen) atoms. The zero-order chi connectivity index (χ0) is 15.2. The van der Waals surface area contributed by atoms with E-state index in [1.807, 2.05) is 12.1 Å². The van der Waals surface area contributed by atoms with Crippen molar-refractivity contribution in [2.75, 3.05) is 13.1 Å². The summed E-state index contributed by atoms with van der Waals surface area (Å²) in [5, 5.41) is 3.57. The van der Waals surface area contributed by atoms with Crippen molar-refractivity contribution in [2.24, 2.45) is 5.73 Å². The number of hydrogen-bond donors (Lipinski definition) is 2. The molecule has 1 saturated heterocycles. The van der Waals surface area contributed by atoms with Crippen molar-refractivity contribution in [3.05, 3.63) is 35.6 Å². The molecule has 1 fully saturated rings. The summed E-state index contributed by atoms with van der Waals surface area (Å²) in [6.07, 6.45) is 3.48. The fourth-order valence-electron chi connectivity index (χ4n) is 2.83. The molecule has 1 aliphatic rings. The summed E-state index contributed by atoms with van der Waals surface area (Å²) in [6, 6.07) is 7.34. The molecule has 0 aromatic heterocycles. The summed E-state index contributed by atoms with van der Waals surface area (Å²) >= 11 is 0. The molecule has 2 amide bonds. The van der Waals surface area contributed by atoms with Crippen LogP contribution in [0.25, 0.3) is 0 Å². The molecular weight excluding hydrogens is 269 g/mol. The third-order valence-corrected chi connectivity index (χ3v) is 4.13. The molecule has 0 radical (unpaired) electrons. The Morgan fingerprint density at radius 3 is 2.71 bits per heavy atom. The number of aryl methyl sites for hydroxylation is 1. The molecule has 1 aromatic rings. The lowest BCUT2D eigenvalue weighted by atomic mass is 10.0. The number of benzene rings is 1. The highest BCUT2D eigenvalue weighted by molar-refractivity contribution is 5.72. The van der Waals surface area contributed by atoms with Crippen LogP contribution in [-0.2, 0) is 6.42 Å². The first-order chi connectivity index (χ1) is 10.1. The number of urea groups is 1. The highest BCUT2D eigenvalue weighted by atomic mass is 19.1. The molecule has 4 nitrogen and oxygen atoms in total. The highest BCUT2D eigenvalue weighted by Gasteiger charge is 2.22. The normalized spacial score (nSPS) is 17.7. The largest absolute Gasteiger partial charge is 0.351 e. The van der Waals surface area contributed by atoms with Gasteiger partial charge in [-0.2, -0.15) is 0 Å². The van der Waals surface area contributed by atoms with E-state index in [4.69, 9.17) is 5.73 Å². The van der Waals surface area contributed by atoms with Crippen LogP contribution in [0.5, 0.6) is 0 Å². The van der Waals surface area contributed by atoms with Crippen molar-refractivity contribution < 1.29 is 9.18 Å². The van der Waals surface area contributed by atoms with Gasteiger partial charge in [0.2, 0.25) is 0 Å². The lowest BCUT2D eigenvalue weighted by Gasteiger charge is -2.33. The van der Waals surface area contributed by atoms with Crippen LogP contribution >= 0.6 is 0 Å². The fourth-order valence-corrected chi connectivity index (χ4v) is 2.83. The minimum Gasteiger partial charge on any atom is -0.351 e. The van der Waals surface area contributed by atoms with E-state index < -0.39 is 0 Å². The first-order valence-electron chi connectivity index (χ1n) is 7.60. The second-order valence-corrected chi connectivity index (χ2v) is 5.80. The molecule has 5 heteroatoms. The van der Waals surface area contributed by atoms with Crippen LogP contribution in [0, 0.1) is 5.82 Å². The number of carbonyl (C=O) groups is 1. The monoisotopic (exact) mass is 293 g/mol. The van der Waals surface area contributed by atoms with Crippen molar-refractivity contribution in [2.45, 2.75) is 44.7 Å². The van der Waals surface area contributed by atoms with Gasteiger partial charge < -0.3 is 16.0 Å². The number of primary amides is 1. The second-order valence-electron chi connectivity index (χ2n) is 5.80. The van der Waals surface area contributed by atoms with Crippen molar-refractivity contribution in [1.82, 2.24) is 10.2 Å². The number of likely N-dealkylation sites (tertiary alicyclic amines) is 1. The Kier molecular flexibility index (Phi) is 5.56. The van der Waals surface area contributed by atoms with E-state index in [2.05, 4.69) is 12.2 Å². The molecule has 116 valence electrons. The van der Waals surface area contributed by atoms with Crippen LogP contribution in [0.2, 0.25) is 0 Å². The van der Waals surface area contributed by atoms with Crippen molar-refractivity contribution in [3.8, 4) is 0 Å². The number of rotatable bonds is 5. The number of nitrogens with zero attached hydrogens (tertiary/aromatic N) is 1. The van der Waals surface area contributed by atoms with Crippen LogP contribution in [0.3, 0.4) is 0 Å². The van der Waals surface area contributed by atoms with Gasteiger partial charge in [0.05, 0.1) is 0 Å². The molecule has 0 saturated carbocycles. The van der Waals surface area contributed by atoms with Gasteiger partial charge in [-0.15, -0.1) is 0 Å². The standard InChI is InChI=1S/C16H24FN3O/c1-12(6-7-13-4-2-3-5-15(13)17)19-14-8-10-20(11-9-14)16(18)21/h2-5,12,14,19H,6-11H2,1H3,(H2,18,21)/t12-/m1/s1. The van der Waals surface area contributed by atoms with Gasteiger partial charge in [0.15, 0.2) is 0 Å². The minimum absolute atomic E-state index is 0.125. The quantitative estimate of drug-likeness (QED) is 0.875. The van der Waals surface area contributed by atoms with E-state index >= 15 is 0 Å². The molecule has 1 aromatic carbocycles. The van der Waals surface area contributed by atoms with Gasteiger partial charge in [-0.3, -0.25) is 0 Å². The Hall–Kier alpha value is -1.62. The van der Waals surface area contributed by atoms with Crippen LogP contribution in [0.1, 0.15) is 31.7 Å². The van der Waals surface area contributed by atoms with Crippen LogP contribution in [0.4, 0.5) is 9.18 Å². The zero-order valence-electron chi connectivity index (χ0n) is 12.5. The predicted molar refractivity (Wildman–Crippen MR) is 81.5 cm³/mol. The minimum atomic E-state index is -0.332. The molecule has 3 N–H and O–H groups in total. The average molecular weight is 293 g/mol.